The monoisotopic (exact) mass is 389 g/mol. The number of carbonyl (C=O) groups is 3. The maximum atomic E-state index is 13.2. The molecule has 0 radical (unpaired) electrons. The molecule has 3 amide bonds. The van der Waals surface area contributed by atoms with Crippen molar-refractivity contribution in [2.75, 3.05) is 6.54 Å². The van der Waals surface area contributed by atoms with Crippen molar-refractivity contribution >= 4 is 17.7 Å². The molecule has 2 heterocycles. The molecule has 3 rings (SSSR count). The van der Waals surface area contributed by atoms with Crippen LogP contribution in [0.5, 0.6) is 0 Å². The van der Waals surface area contributed by atoms with Crippen molar-refractivity contribution in [2.24, 2.45) is 0 Å². The van der Waals surface area contributed by atoms with Gasteiger partial charge in [0.25, 0.3) is 11.8 Å². The molecular formula is C20H31N5O3. The van der Waals surface area contributed by atoms with Crippen LogP contribution >= 0.6 is 0 Å². The molecule has 154 valence electrons. The van der Waals surface area contributed by atoms with Gasteiger partial charge in [0.15, 0.2) is 5.69 Å². The van der Waals surface area contributed by atoms with Crippen molar-refractivity contribution in [3.05, 3.63) is 17.5 Å². The minimum Gasteiger partial charge on any atom is -0.351 e. The van der Waals surface area contributed by atoms with Crippen LogP contribution in [0.4, 0.5) is 0 Å². The lowest BCUT2D eigenvalue weighted by Crippen LogP contribution is -2.65. The Kier molecular flexibility index (Phi) is 5.76. The molecule has 8 heteroatoms. The standard InChI is InChI=1S/C20H31N5O3/c1-5-10-24-18(27)16-11-15(17(26)21-13(2)3)23-25(16)12-20(24,4)19(28)22-14-8-6-7-9-14/h11,13-14H,5-10,12H2,1-4H3,(H,21,26)(H,22,28)/t20-/m1/s1. The Labute approximate surface area is 166 Å². The molecule has 0 aromatic carbocycles. The number of amides is 3. The molecule has 1 fully saturated rings. The first kappa shape index (κ1) is 20.4. The Balaban J connectivity index is 1.90. The molecule has 0 bridgehead atoms. The highest BCUT2D eigenvalue weighted by atomic mass is 16.2. The molecule has 0 spiro atoms. The summed E-state index contributed by atoms with van der Waals surface area (Å²) in [4.78, 5) is 40.3. The lowest BCUT2D eigenvalue weighted by atomic mass is 9.94. The lowest BCUT2D eigenvalue weighted by molar-refractivity contribution is -0.133. The van der Waals surface area contributed by atoms with Crippen molar-refractivity contribution in [1.82, 2.24) is 25.3 Å². The first-order valence-electron chi connectivity index (χ1n) is 10.3. The summed E-state index contributed by atoms with van der Waals surface area (Å²) in [7, 11) is 0. The summed E-state index contributed by atoms with van der Waals surface area (Å²) in [6, 6.07) is 1.67. The van der Waals surface area contributed by atoms with Crippen molar-refractivity contribution in [2.45, 2.75) is 84.0 Å². The maximum absolute atomic E-state index is 13.2. The van der Waals surface area contributed by atoms with E-state index in [4.69, 9.17) is 0 Å². The van der Waals surface area contributed by atoms with E-state index in [2.05, 4.69) is 15.7 Å². The Bertz CT molecular complexity index is 766. The zero-order valence-electron chi connectivity index (χ0n) is 17.2. The third-order valence-electron chi connectivity index (χ3n) is 5.58. The Morgan fingerprint density at radius 2 is 2.00 bits per heavy atom. The summed E-state index contributed by atoms with van der Waals surface area (Å²) in [5.41, 5.74) is -0.469. The van der Waals surface area contributed by atoms with E-state index in [1.54, 1.807) is 11.8 Å². The zero-order valence-corrected chi connectivity index (χ0v) is 17.2. The summed E-state index contributed by atoms with van der Waals surface area (Å²) in [6.07, 6.45) is 4.95. The second-order valence-corrected chi connectivity index (χ2v) is 8.39. The first-order valence-corrected chi connectivity index (χ1v) is 10.3. The Morgan fingerprint density at radius 3 is 2.61 bits per heavy atom. The molecule has 2 N–H and O–H groups in total. The van der Waals surface area contributed by atoms with Crippen LogP contribution in [-0.4, -0.2) is 56.6 Å². The minimum atomic E-state index is -1.03. The Morgan fingerprint density at radius 1 is 1.32 bits per heavy atom. The number of fused-ring (bicyclic) bond motifs is 1. The van der Waals surface area contributed by atoms with Gasteiger partial charge < -0.3 is 15.5 Å². The fourth-order valence-electron chi connectivity index (χ4n) is 4.07. The average molecular weight is 390 g/mol. The van der Waals surface area contributed by atoms with Gasteiger partial charge in [-0.2, -0.15) is 5.10 Å². The third-order valence-corrected chi connectivity index (χ3v) is 5.58. The molecule has 28 heavy (non-hydrogen) atoms. The maximum Gasteiger partial charge on any atom is 0.273 e. The number of hydrogen-bond donors (Lipinski definition) is 2. The van der Waals surface area contributed by atoms with Gasteiger partial charge in [0.05, 0.1) is 6.54 Å². The largest absolute Gasteiger partial charge is 0.351 e. The van der Waals surface area contributed by atoms with Gasteiger partial charge in [0.1, 0.15) is 11.2 Å². The number of rotatable bonds is 6. The lowest BCUT2D eigenvalue weighted by Gasteiger charge is -2.43. The van der Waals surface area contributed by atoms with E-state index in [0.717, 1.165) is 32.1 Å². The summed E-state index contributed by atoms with van der Waals surface area (Å²) >= 11 is 0. The highest BCUT2D eigenvalue weighted by molar-refractivity contribution is 6.02. The molecule has 1 aliphatic heterocycles. The predicted molar refractivity (Wildman–Crippen MR) is 105 cm³/mol. The Hall–Kier alpha value is -2.38. The normalized spacial score (nSPS) is 22.5. The van der Waals surface area contributed by atoms with Crippen LogP contribution in [0.15, 0.2) is 6.07 Å². The number of carbonyl (C=O) groups excluding carboxylic acids is 3. The van der Waals surface area contributed by atoms with E-state index in [0.29, 0.717) is 12.2 Å². The summed E-state index contributed by atoms with van der Waals surface area (Å²) in [5, 5.41) is 10.3. The number of hydrogen-bond acceptors (Lipinski definition) is 4. The van der Waals surface area contributed by atoms with Crippen molar-refractivity contribution in [1.29, 1.82) is 0 Å². The van der Waals surface area contributed by atoms with Crippen LogP contribution in [-0.2, 0) is 11.3 Å². The minimum absolute atomic E-state index is 0.0269. The number of nitrogens with zero attached hydrogens (tertiary/aromatic N) is 3. The smallest absolute Gasteiger partial charge is 0.273 e. The first-order chi connectivity index (χ1) is 13.3. The molecule has 8 nitrogen and oxygen atoms in total. The zero-order chi connectivity index (χ0) is 20.5. The van der Waals surface area contributed by atoms with Gasteiger partial charge in [0, 0.05) is 24.7 Å². The van der Waals surface area contributed by atoms with Gasteiger partial charge in [0.2, 0.25) is 5.91 Å². The molecule has 0 unspecified atom stereocenters. The van der Waals surface area contributed by atoms with Crippen molar-refractivity contribution < 1.29 is 14.4 Å². The predicted octanol–water partition coefficient (Wildman–Crippen LogP) is 1.70. The second-order valence-electron chi connectivity index (χ2n) is 8.39. The summed E-state index contributed by atoms with van der Waals surface area (Å²) in [5.74, 6) is -0.715. The number of aromatic nitrogens is 2. The fraction of sp³-hybridized carbons (Fsp3) is 0.700. The van der Waals surface area contributed by atoms with Gasteiger partial charge >= 0.3 is 0 Å². The van der Waals surface area contributed by atoms with E-state index in [-0.39, 0.29) is 42.0 Å². The van der Waals surface area contributed by atoms with Gasteiger partial charge in [-0.25, -0.2) is 0 Å². The molecule has 1 atom stereocenters. The van der Waals surface area contributed by atoms with Gasteiger partial charge in [-0.3, -0.25) is 19.1 Å². The molecule has 1 saturated carbocycles. The van der Waals surface area contributed by atoms with Crippen LogP contribution in [0.3, 0.4) is 0 Å². The highest BCUT2D eigenvalue weighted by Crippen LogP contribution is 2.29. The van der Waals surface area contributed by atoms with Crippen LogP contribution in [0.25, 0.3) is 0 Å². The SMILES string of the molecule is CCCN1C(=O)c2cc(C(=O)NC(C)C)nn2C[C@]1(C)C(=O)NC1CCCC1. The molecule has 0 saturated heterocycles. The molecular weight excluding hydrogens is 358 g/mol. The average Bonchev–Trinajstić information content (AvgIpc) is 3.27. The van der Waals surface area contributed by atoms with E-state index < -0.39 is 5.54 Å². The van der Waals surface area contributed by atoms with Crippen LogP contribution < -0.4 is 10.6 Å². The second kappa shape index (κ2) is 7.93. The third kappa shape index (κ3) is 3.77. The summed E-state index contributed by atoms with van der Waals surface area (Å²) < 4.78 is 1.51. The topological polar surface area (TPSA) is 96.3 Å². The van der Waals surface area contributed by atoms with Crippen LogP contribution in [0, 0.1) is 0 Å². The quantitative estimate of drug-likeness (QED) is 0.774. The molecule has 2 aliphatic rings. The van der Waals surface area contributed by atoms with E-state index in [1.165, 1.54) is 10.7 Å². The van der Waals surface area contributed by atoms with Crippen molar-refractivity contribution in [3.63, 3.8) is 0 Å². The van der Waals surface area contributed by atoms with Gasteiger partial charge in [-0.15, -0.1) is 0 Å². The van der Waals surface area contributed by atoms with E-state index >= 15 is 0 Å². The molecule has 1 aliphatic carbocycles. The van der Waals surface area contributed by atoms with E-state index in [1.807, 2.05) is 20.8 Å². The molecule has 1 aromatic heterocycles. The number of nitrogens with one attached hydrogen (secondary N) is 2. The highest BCUT2D eigenvalue weighted by Gasteiger charge is 2.48. The fourth-order valence-corrected chi connectivity index (χ4v) is 4.07. The van der Waals surface area contributed by atoms with E-state index in [9.17, 15) is 14.4 Å². The molecule has 1 aromatic rings. The van der Waals surface area contributed by atoms with Crippen LogP contribution in [0.1, 0.15) is 80.8 Å². The summed E-state index contributed by atoms with van der Waals surface area (Å²) in [6.45, 7) is 8.23. The van der Waals surface area contributed by atoms with Gasteiger partial charge in [-0.1, -0.05) is 19.8 Å². The van der Waals surface area contributed by atoms with Gasteiger partial charge in [-0.05, 0) is 40.0 Å². The van der Waals surface area contributed by atoms with Crippen LogP contribution in [0.2, 0.25) is 0 Å². The van der Waals surface area contributed by atoms with Crippen molar-refractivity contribution in [3.8, 4) is 0 Å².